The lowest BCUT2D eigenvalue weighted by atomic mass is 10.1. The predicted octanol–water partition coefficient (Wildman–Crippen LogP) is 1.46. The van der Waals surface area contributed by atoms with Crippen LogP contribution in [-0.4, -0.2) is 76.4 Å². The Labute approximate surface area is 207 Å². The van der Waals surface area contributed by atoms with Gasteiger partial charge in [0.2, 0.25) is 11.9 Å². The maximum atomic E-state index is 12.7. The lowest BCUT2D eigenvalue weighted by molar-refractivity contribution is -0.143. The van der Waals surface area contributed by atoms with E-state index in [1.54, 1.807) is 25.5 Å². The predicted molar refractivity (Wildman–Crippen MR) is 133 cm³/mol. The monoisotopic (exact) mass is 507 g/mol. The normalized spacial score (nSPS) is 29.5. The molecule has 2 aromatic rings. The first-order chi connectivity index (χ1) is 16.1. The van der Waals surface area contributed by atoms with Crippen LogP contribution in [0.15, 0.2) is 11.1 Å². The zero-order chi connectivity index (χ0) is 25.9. The third-order valence-electron chi connectivity index (χ3n) is 6.01. The first-order valence-corrected chi connectivity index (χ1v) is 13.5. The highest BCUT2D eigenvalue weighted by atomic mass is 28.2. The van der Waals surface area contributed by atoms with Crippen LogP contribution in [0.25, 0.3) is 11.2 Å². The van der Waals surface area contributed by atoms with Gasteiger partial charge in [0.1, 0.15) is 27.0 Å². The number of fused-ring (bicyclic) bond motifs is 1. The number of nitrogens with one attached hydrogen (secondary N) is 2. The van der Waals surface area contributed by atoms with Gasteiger partial charge in [0.15, 0.2) is 17.4 Å². The fourth-order valence-corrected chi connectivity index (χ4v) is 6.72. The molecule has 0 aromatic carbocycles. The van der Waals surface area contributed by atoms with Crippen LogP contribution < -0.4 is 10.9 Å². The topological polar surface area (TPSA) is 130 Å². The summed E-state index contributed by atoms with van der Waals surface area (Å²) in [5, 5.41) is 2.08. The molecule has 2 saturated heterocycles. The lowest BCUT2D eigenvalue weighted by Gasteiger charge is -2.32. The van der Waals surface area contributed by atoms with Crippen LogP contribution >= 0.6 is 0 Å². The molecule has 1 amide bonds. The summed E-state index contributed by atoms with van der Waals surface area (Å²) in [4.78, 5) is 36.2. The molecular weight excluding hydrogens is 470 g/mol. The number of carbonyl (C=O) groups excluding carboxylic acids is 1. The summed E-state index contributed by atoms with van der Waals surface area (Å²) in [5.41, 5.74) is -0.803. The molecule has 194 valence electrons. The molecule has 2 N–H and O–H groups in total. The number of hydrogen-bond donors (Lipinski definition) is 2. The van der Waals surface area contributed by atoms with Crippen LogP contribution in [0.4, 0.5) is 5.95 Å². The van der Waals surface area contributed by atoms with E-state index < -0.39 is 38.2 Å². The van der Waals surface area contributed by atoms with Gasteiger partial charge in [-0.2, -0.15) is 4.98 Å². The Kier molecular flexibility index (Phi) is 6.50. The number of amides is 1. The molecule has 2 aliphatic heterocycles. The molecular formula is C23H37N5O6Si. The number of H-pyrrole nitrogens is 1. The quantitative estimate of drug-likeness (QED) is 0.562. The average molecular weight is 508 g/mol. The molecule has 0 aliphatic carbocycles. The SMILES string of the molecule is CO[C@H]1[C@H](n2cnc3c(=O)[nH]c(NC(=O)C(C)C)nc32)O[C@@]2([SiH2]C2OC(C)(C)C)[C@H]1OC(C)(C)C. The van der Waals surface area contributed by atoms with Crippen LogP contribution in [0.1, 0.15) is 61.6 Å². The Hall–Kier alpha value is -2.12. The first-order valence-electron chi connectivity index (χ1n) is 12.0. The summed E-state index contributed by atoms with van der Waals surface area (Å²) >= 11 is 0. The number of nitrogens with zero attached hydrogens (tertiary/aromatic N) is 3. The van der Waals surface area contributed by atoms with Gasteiger partial charge in [-0.1, -0.05) is 13.8 Å². The number of carbonyl (C=O) groups is 1. The fraction of sp³-hybridized carbons (Fsp3) is 0.739. The summed E-state index contributed by atoms with van der Waals surface area (Å²) in [6.45, 7) is 15.6. The number of anilines is 1. The Morgan fingerprint density at radius 3 is 2.46 bits per heavy atom. The van der Waals surface area contributed by atoms with Crippen LogP contribution in [0.2, 0.25) is 0 Å². The van der Waals surface area contributed by atoms with E-state index in [1.807, 2.05) is 41.5 Å². The summed E-state index contributed by atoms with van der Waals surface area (Å²) in [5.74, 6) is -0.470. The highest BCUT2D eigenvalue weighted by molar-refractivity contribution is 6.56. The van der Waals surface area contributed by atoms with Crippen molar-refractivity contribution in [1.29, 1.82) is 0 Å². The van der Waals surface area contributed by atoms with Gasteiger partial charge >= 0.3 is 0 Å². The van der Waals surface area contributed by atoms with Gasteiger partial charge in [-0.25, -0.2) is 4.98 Å². The summed E-state index contributed by atoms with van der Waals surface area (Å²) in [7, 11) is 0.794. The molecule has 2 fully saturated rings. The Bertz CT molecular complexity index is 1170. The Morgan fingerprint density at radius 1 is 1.23 bits per heavy atom. The molecule has 0 radical (unpaired) electrons. The minimum atomic E-state index is -0.827. The van der Waals surface area contributed by atoms with E-state index in [4.69, 9.17) is 18.9 Å². The largest absolute Gasteiger partial charge is 0.374 e. The van der Waals surface area contributed by atoms with Crippen LogP contribution in [0, 0.1) is 5.92 Å². The summed E-state index contributed by atoms with van der Waals surface area (Å²) in [6, 6.07) is 0. The molecule has 4 rings (SSSR count). The zero-order valence-corrected chi connectivity index (χ0v) is 23.4. The van der Waals surface area contributed by atoms with E-state index in [2.05, 4.69) is 20.3 Å². The highest BCUT2D eigenvalue weighted by Gasteiger charge is 2.72. The smallest absolute Gasteiger partial charge is 0.280 e. The van der Waals surface area contributed by atoms with Crippen LogP contribution in [-0.2, 0) is 23.7 Å². The molecule has 2 aromatic heterocycles. The molecule has 2 aliphatic rings. The summed E-state index contributed by atoms with van der Waals surface area (Å²) < 4.78 is 27.2. The number of methoxy groups -OCH3 is 1. The van der Waals surface area contributed by atoms with Crippen LogP contribution in [0.5, 0.6) is 0 Å². The van der Waals surface area contributed by atoms with Gasteiger partial charge in [-0.3, -0.25) is 24.5 Å². The highest BCUT2D eigenvalue weighted by Crippen LogP contribution is 2.52. The van der Waals surface area contributed by atoms with Crippen molar-refractivity contribution < 1.29 is 23.7 Å². The van der Waals surface area contributed by atoms with Gasteiger partial charge in [-0.05, 0) is 41.5 Å². The zero-order valence-electron chi connectivity index (χ0n) is 22.0. The Morgan fingerprint density at radius 2 is 1.89 bits per heavy atom. The van der Waals surface area contributed by atoms with Crippen molar-refractivity contribution in [2.75, 3.05) is 12.4 Å². The van der Waals surface area contributed by atoms with Crippen molar-refractivity contribution in [3.05, 3.63) is 16.7 Å². The second-order valence-electron chi connectivity index (χ2n) is 11.6. The molecule has 5 atom stereocenters. The van der Waals surface area contributed by atoms with Crippen molar-refractivity contribution in [1.82, 2.24) is 19.5 Å². The molecule has 4 heterocycles. The minimum absolute atomic E-state index is 0.0375. The van der Waals surface area contributed by atoms with Gasteiger partial charge in [0, 0.05) is 13.0 Å². The lowest BCUT2D eigenvalue weighted by Crippen LogP contribution is -2.44. The van der Waals surface area contributed by atoms with Gasteiger partial charge < -0.3 is 18.9 Å². The molecule has 35 heavy (non-hydrogen) atoms. The van der Waals surface area contributed by atoms with Gasteiger partial charge in [0.25, 0.3) is 5.56 Å². The average Bonchev–Trinajstić information content (AvgIpc) is 3.06. The molecule has 1 spiro atoms. The third-order valence-corrected chi connectivity index (χ3v) is 8.29. The van der Waals surface area contributed by atoms with Crippen molar-refractivity contribution in [3.63, 3.8) is 0 Å². The molecule has 0 saturated carbocycles. The van der Waals surface area contributed by atoms with Crippen LogP contribution in [0.3, 0.4) is 0 Å². The minimum Gasteiger partial charge on any atom is -0.374 e. The second-order valence-corrected chi connectivity index (χ2v) is 13.9. The number of ether oxygens (including phenoxy) is 4. The van der Waals surface area contributed by atoms with Gasteiger partial charge in [0.05, 0.1) is 23.3 Å². The van der Waals surface area contributed by atoms with Crippen molar-refractivity contribution in [3.8, 4) is 0 Å². The first kappa shape index (κ1) is 26.0. The van der Waals surface area contributed by atoms with E-state index in [-0.39, 0.29) is 40.7 Å². The van der Waals surface area contributed by atoms with E-state index in [9.17, 15) is 9.59 Å². The maximum absolute atomic E-state index is 12.7. The van der Waals surface area contributed by atoms with E-state index in [0.29, 0.717) is 5.65 Å². The second kappa shape index (κ2) is 8.77. The molecule has 0 bridgehead atoms. The van der Waals surface area contributed by atoms with Gasteiger partial charge in [-0.15, -0.1) is 0 Å². The standard InChI is InChI=1S/C23H37N5O6Si/c1-11(2)16(29)26-20-25-15-12(17(30)27-20)24-10-28(15)18-13(31-9)14(32-21(3,4)5)23(33-18)19(35-23)34-22(6,7)8/h10-11,13-14,18-19H,35H2,1-9H3,(H2,25,26,27,29,30)/t13-,14+,18-,19?,23-/m1/s1. The molecule has 12 heteroatoms. The molecule has 11 nitrogen and oxygen atoms in total. The van der Waals surface area contributed by atoms with Crippen molar-refractivity contribution >= 4 is 32.5 Å². The summed E-state index contributed by atoms with van der Waals surface area (Å²) in [6.07, 6.45) is 0.0360. The van der Waals surface area contributed by atoms with E-state index >= 15 is 0 Å². The van der Waals surface area contributed by atoms with E-state index in [1.165, 1.54) is 6.33 Å². The van der Waals surface area contributed by atoms with Crippen molar-refractivity contribution in [2.24, 2.45) is 5.92 Å². The third kappa shape index (κ3) is 5.08. The number of aromatic amines is 1. The number of aromatic nitrogens is 4. The number of imidazole rings is 1. The van der Waals surface area contributed by atoms with Crippen molar-refractivity contribution in [2.45, 2.75) is 96.0 Å². The Balaban J connectivity index is 1.74. The maximum Gasteiger partial charge on any atom is 0.280 e. The molecule has 1 unspecified atom stereocenters. The number of rotatable bonds is 6. The number of hydrogen-bond acceptors (Lipinski definition) is 8. The van der Waals surface area contributed by atoms with E-state index in [0.717, 1.165) is 0 Å². The fourth-order valence-electron chi connectivity index (χ4n) is 4.44.